The van der Waals surface area contributed by atoms with Crippen LogP contribution in [0.2, 0.25) is 0 Å². The average Bonchev–Trinajstić information content (AvgIpc) is 3.01. The van der Waals surface area contributed by atoms with E-state index in [1.54, 1.807) is 11.3 Å². The Bertz CT molecular complexity index is 431. The van der Waals surface area contributed by atoms with Crippen molar-refractivity contribution in [1.29, 1.82) is 0 Å². The molecule has 0 aromatic carbocycles. The van der Waals surface area contributed by atoms with Crippen molar-refractivity contribution in [3.05, 3.63) is 20.8 Å². The molecule has 1 spiro atoms. The SMILES string of the molecule is NNC(c1csc(Br)c1)C1CCOC2(CCCC2)C1. The highest BCUT2D eigenvalue weighted by Crippen LogP contribution is 2.45. The fourth-order valence-electron chi connectivity index (χ4n) is 3.71. The van der Waals surface area contributed by atoms with E-state index in [4.69, 9.17) is 10.6 Å². The highest BCUT2D eigenvalue weighted by atomic mass is 79.9. The lowest BCUT2D eigenvalue weighted by Gasteiger charge is -2.41. The molecule has 0 radical (unpaired) electrons. The summed E-state index contributed by atoms with van der Waals surface area (Å²) in [7, 11) is 0. The third-order valence-electron chi connectivity index (χ3n) is 4.64. The van der Waals surface area contributed by atoms with Crippen LogP contribution in [0.3, 0.4) is 0 Å². The first-order chi connectivity index (χ1) is 9.22. The van der Waals surface area contributed by atoms with E-state index in [1.807, 2.05) is 0 Å². The normalized spacial score (nSPS) is 27.8. The van der Waals surface area contributed by atoms with Gasteiger partial charge in [0.2, 0.25) is 0 Å². The Balaban J connectivity index is 1.76. The molecule has 3 rings (SSSR count). The van der Waals surface area contributed by atoms with Gasteiger partial charge in [-0.15, -0.1) is 11.3 Å². The lowest BCUT2D eigenvalue weighted by Crippen LogP contribution is -2.43. The molecule has 1 aromatic rings. The number of thiophene rings is 1. The first kappa shape index (κ1) is 14.0. The van der Waals surface area contributed by atoms with Crippen molar-refractivity contribution in [1.82, 2.24) is 5.43 Å². The predicted molar refractivity (Wildman–Crippen MR) is 82.0 cm³/mol. The van der Waals surface area contributed by atoms with Gasteiger partial charge in [-0.25, -0.2) is 0 Å². The summed E-state index contributed by atoms with van der Waals surface area (Å²) in [5.41, 5.74) is 4.50. The number of rotatable bonds is 3. The second kappa shape index (κ2) is 5.82. The maximum atomic E-state index is 6.12. The molecule has 106 valence electrons. The van der Waals surface area contributed by atoms with Gasteiger partial charge in [0.1, 0.15) is 0 Å². The summed E-state index contributed by atoms with van der Waals surface area (Å²) in [5, 5.41) is 2.20. The van der Waals surface area contributed by atoms with Gasteiger partial charge in [-0.1, -0.05) is 12.8 Å². The average molecular weight is 345 g/mol. The second-order valence-electron chi connectivity index (χ2n) is 5.82. The maximum absolute atomic E-state index is 6.12. The number of nitrogens with one attached hydrogen (secondary N) is 1. The molecule has 1 aromatic heterocycles. The maximum Gasteiger partial charge on any atom is 0.0701 e. The summed E-state index contributed by atoms with van der Waals surface area (Å²) in [6.07, 6.45) is 7.34. The lowest BCUT2D eigenvalue weighted by molar-refractivity contribution is -0.0982. The van der Waals surface area contributed by atoms with E-state index in [2.05, 4.69) is 32.8 Å². The first-order valence-electron chi connectivity index (χ1n) is 7.06. The van der Waals surface area contributed by atoms with E-state index in [0.717, 1.165) is 19.4 Å². The van der Waals surface area contributed by atoms with Crippen LogP contribution in [0.25, 0.3) is 0 Å². The van der Waals surface area contributed by atoms with Gasteiger partial charge in [-0.3, -0.25) is 11.3 Å². The summed E-state index contributed by atoms with van der Waals surface area (Å²) in [4.78, 5) is 0. The topological polar surface area (TPSA) is 47.3 Å². The molecular weight excluding hydrogens is 324 g/mol. The van der Waals surface area contributed by atoms with E-state index >= 15 is 0 Å². The Kier molecular flexibility index (Phi) is 4.29. The van der Waals surface area contributed by atoms with Gasteiger partial charge in [0, 0.05) is 12.6 Å². The fourth-order valence-corrected chi connectivity index (χ4v) is 4.92. The summed E-state index contributed by atoms with van der Waals surface area (Å²) in [5.74, 6) is 6.41. The third-order valence-corrected chi connectivity index (χ3v) is 6.17. The molecule has 1 saturated carbocycles. The first-order valence-corrected chi connectivity index (χ1v) is 8.74. The van der Waals surface area contributed by atoms with Crippen LogP contribution >= 0.6 is 27.3 Å². The Morgan fingerprint density at radius 3 is 2.89 bits per heavy atom. The minimum absolute atomic E-state index is 0.158. The standard InChI is InChI=1S/C14H21BrN2OS/c15-12-7-11(9-19-12)13(17-16)10-3-6-18-14(8-10)4-1-2-5-14/h7,9-10,13,17H,1-6,8,16H2. The van der Waals surface area contributed by atoms with Crippen molar-refractivity contribution in [2.24, 2.45) is 11.8 Å². The molecule has 2 heterocycles. The molecule has 2 unspecified atom stereocenters. The summed E-state index contributed by atoms with van der Waals surface area (Å²) in [6.45, 7) is 0.883. The van der Waals surface area contributed by atoms with Crippen molar-refractivity contribution in [2.45, 2.75) is 50.2 Å². The van der Waals surface area contributed by atoms with Gasteiger partial charge >= 0.3 is 0 Å². The van der Waals surface area contributed by atoms with Crippen LogP contribution in [-0.4, -0.2) is 12.2 Å². The molecule has 3 N–H and O–H groups in total. The van der Waals surface area contributed by atoms with Gasteiger partial charge in [-0.05, 0) is 64.5 Å². The van der Waals surface area contributed by atoms with Crippen molar-refractivity contribution in [3.63, 3.8) is 0 Å². The Morgan fingerprint density at radius 2 is 2.26 bits per heavy atom. The molecule has 2 fully saturated rings. The number of ether oxygens (including phenoxy) is 1. The monoisotopic (exact) mass is 344 g/mol. The zero-order chi connectivity index (χ0) is 13.3. The smallest absolute Gasteiger partial charge is 0.0701 e. The zero-order valence-corrected chi connectivity index (χ0v) is 13.4. The molecule has 3 nitrogen and oxygen atoms in total. The predicted octanol–water partition coefficient (Wildman–Crippen LogP) is 3.75. The fraction of sp³-hybridized carbons (Fsp3) is 0.714. The van der Waals surface area contributed by atoms with Gasteiger partial charge in [0.25, 0.3) is 0 Å². The minimum Gasteiger partial charge on any atom is -0.375 e. The van der Waals surface area contributed by atoms with Crippen molar-refractivity contribution >= 4 is 27.3 Å². The van der Waals surface area contributed by atoms with Crippen molar-refractivity contribution in [3.8, 4) is 0 Å². The van der Waals surface area contributed by atoms with Gasteiger partial charge < -0.3 is 4.74 Å². The lowest BCUT2D eigenvalue weighted by atomic mass is 9.79. The van der Waals surface area contributed by atoms with Crippen molar-refractivity contribution in [2.75, 3.05) is 6.61 Å². The van der Waals surface area contributed by atoms with Crippen LogP contribution < -0.4 is 11.3 Å². The highest BCUT2D eigenvalue weighted by molar-refractivity contribution is 9.11. The molecule has 19 heavy (non-hydrogen) atoms. The highest BCUT2D eigenvalue weighted by Gasteiger charge is 2.42. The quantitative estimate of drug-likeness (QED) is 0.648. The van der Waals surface area contributed by atoms with Gasteiger partial charge in [0.05, 0.1) is 9.39 Å². The van der Waals surface area contributed by atoms with Crippen LogP contribution in [0.4, 0.5) is 0 Å². The molecule has 2 aliphatic rings. The minimum atomic E-state index is 0.158. The van der Waals surface area contributed by atoms with Crippen LogP contribution in [0.1, 0.15) is 50.1 Å². The molecule has 1 saturated heterocycles. The molecule has 1 aliphatic carbocycles. The number of halogens is 1. The molecule has 0 amide bonds. The zero-order valence-electron chi connectivity index (χ0n) is 11.0. The Hall–Kier alpha value is 0.0600. The molecule has 0 bridgehead atoms. The number of hydrogen-bond acceptors (Lipinski definition) is 4. The van der Waals surface area contributed by atoms with E-state index in [0.29, 0.717) is 5.92 Å². The Labute approximate surface area is 127 Å². The number of nitrogens with two attached hydrogens (primary N) is 1. The van der Waals surface area contributed by atoms with Crippen molar-refractivity contribution < 1.29 is 4.74 Å². The summed E-state index contributed by atoms with van der Waals surface area (Å²) >= 11 is 5.26. The summed E-state index contributed by atoms with van der Waals surface area (Å²) < 4.78 is 7.29. The number of hydrazine groups is 1. The van der Waals surface area contributed by atoms with E-state index < -0.39 is 0 Å². The molecular formula is C14H21BrN2OS. The van der Waals surface area contributed by atoms with Gasteiger partial charge in [-0.2, -0.15) is 0 Å². The Morgan fingerprint density at radius 1 is 1.47 bits per heavy atom. The van der Waals surface area contributed by atoms with Crippen LogP contribution in [0.5, 0.6) is 0 Å². The summed E-state index contributed by atoms with van der Waals surface area (Å²) in [6, 6.07) is 2.44. The molecule has 1 aliphatic heterocycles. The van der Waals surface area contributed by atoms with Gasteiger partial charge in [0.15, 0.2) is 0 Å². The van der Waals surface area contributed by atoms with E-state index in [1.165, 1.54) is 35.0 Å². The third kappa shape index (κ3) is 2.90. The number of hydrogen-bond donors (Lipinski definition) is 2. The van der Waals surface area contributed by atoms with Crippen LogP contribution in [0.15, 0.2) is 15.2 Å². The van der Waals surface area contributed by atoms with E-state index in [9.17, 15) is 0 Å². The molecule has 2 atom stereocenters. The van der Waals surface area contributed by atoms with E-state index in [-0.39, 0.29) is 11.6 Å². The second-order valence-corrected chi connectivity index (χ2v) is 8.11. The van der Waals surface area contributed by atoms with Crippen LogP contribution in [-0.2, 0) is 4.74 Å². The van der Waals surface area contributed by atoms with Crippen LogP contribution in [0, 0.1) is 5.92 Å². The molecule has 5 heteroatoms. The largest absolute Gasteiger partial charge is 0.375 e.